The molecule has 25 heavy (non-hydrogen) atoms. The van der Waals surface area contributed by atoms with Crippen LogP contribution in [0.25, 0.3) is 22.2 Å². The highest BCUT2D eigenvalue weighted by Crippen LogP contribution is 2.32. The van der Waals surface area contributed by atoms with Gasteiger partial charge >= 0.3 is 0 Å². The number of H-pyrrole nitrogens is 1. The van der Waals surface area contributed by atoms with E-state index in [1.165, 1.54) is 32.3 Å². The zero-order valence-electron chi connectivity index (χ0n) is 13.4. The average molecular weight is 364 g/mol. The van der Waals surface area contributed by atoms with E-state index in [0.717, 1.165) is 22.5 Å². The molecule has 0 spiro atoms. The Kier molecular flexibility index (Phi) is 4.18. The third-order valence-corrected chi connectivity index (χ3v) is 5.72. The molecule has 0 aliphatic carbocycles. The molecule has 0 fully saturated rings. The lowest BCUT2D eigenvalue weighted by molar-refractivity contribution is 0.112. The summed E-state index contributed by atoms with van der Waals surface area (Å²) in [6.07, 6.45) is 0.491. The molecule has 5 nitrogen and oxygen atoms in total. The number of halogens is 2. The maximum absolute atomic E-state index is 14.1. The standard InChI is InChI=1S/C17H14F2N2O3S/c1-21(2)25(23,24)11-4-6-16-12(8-11)14(9-22)17(20-16)13-7-10(18)3-5-15(13)19/h3-9,20H,1-2H3. The Balaban J connectivity index is 2.30. The van der Waals surface area contributed by atoms with Gasteiger partial charge in [0.2, 0.25) is 10.0 Å². The summed E-state index contributed by atoms with van der Waals surface area (Å²) in [5.74, 6) is -1.35. The molecule has 3 aromatic rings. The lowest BCUT2D eigenvalue weighted by atomic mass is 10.1. The van der Waals surface area contributed by atoms with Crippen LogP contribution in [0.5, 0.6) is 0 Å². The summed E-state index contributed by atoms with van der Waals surface area (Å²) >= 11 is 0. The van der Waals surface area contributed by atoms with E-state index in [1.54, 1.807) is 0 Å². The number of rotatable bonds is 4. The van der Waals surface area contributed by atoms with Crippen LogP contribution < -0.4 is 0 Å². The van der Waals surface area contributed by atoms with Crippen LogP contribution in [0, 0.1) is 11.6 Å². The summed E-state index contributed by atoms with van der Waals surface area (Å²) in [4.78, 5) is 14.4. The number of benzene rings is 2. The van der Waals surface area contributed by atoms with E-state index in [9.17, 15) is 22.0 Å². The van der Waals surface area contributed by atoms with Crippen LogP contribution >= 0.6 is 0 Å². The molecule has 3 rings (SSSR count). The molecule has 0 aliphatic rings. The topological polar surface area (TPSA) is 70.2 Å². The molecule has 0 bridgehead atoms. The van der Waals surface area contributed by atoms with Crippen molar-refractivity contribution in [2.45, 2.75) is 4.90 Å². The predicted octanol–water partition coefficient (Wildman–Crippen LogP) is 3.18. The first-order valence-electron chi connectivity index (χ1n) is 7.24. The lowest BCUT2D eigenvalue weighted by Gasteiger charge is -2.11. The summed E-state index contributed by atoms with van der Waals surface area (Å²) in [6.45, 7) is 0. The number of fused-ring (bicyclic) bond motifs is 1. The highest BCUT2D eigenvalue weighted by atomic mass is 32.2. The van der Waals surface area contributed by atoms with E-state index in [-0.39, 0.29) is 21.7 Å². The third kappa shape index (κ3) is 2.83. The number of hydrogen-bond acceptors (Lipinski definition) is 3. The van der Waals surface area contributed by atoms with Crippen LogP contribution in [-0.2, 0) is 10.0 Å². The van der Waals surface area contributed by atoms with E-state index in [1.807, 2.05) is 0 Å². The van der Waals surface area contributed by atoms with Crippen molar-refractivity contribution in [3.8, 4) is 11.3 Å². The SMILES string of the molecule is CN(C)S(=O)(=O)c1ccc2[nH]c(-c3cc(F)ccc3F)c(C=O)c2c1. The molecule has 0 atom stereocenters. The molecule has 1 heterocycles. The van der Waals surface area contributed by atoms with E-state index in [4.69, 9.17) is 0 Å². The molecular formula is C17H14F2N2O3S. The van der Waals surface area contributed by atoms with Crippen LogP contribution in [0.3, 0.4) is 0 Å². The zero-order chi connectivity index (χ0) is 18.4. The first kappa shape index (κ1) is 17.2. The Bertz CT molecular complexity index is 1090. The van der Waals surface area contributed by atoms with Crippen molar-refractivity contribution in [1.82, 2.24) is 9.29 Å². The maximum atomic E-state index is 14.1. The van der Waals surface area contributed by atoms with Crippen molar-refractivity contribution in [1.29, 1.82) is 0 Å². The maximum Gasteiger partial charge on any atom is 0.242 e. The van der Waals surface area contributed by atoms with Crippen molar-refractivity contribution in [3.63, 3.8) is 0 Å². The van der Waals surface area contributed by atoms with E-state index >= 15 is 0 Å². The summed E-state index contributed by atoms with van der Waals surface area (Å²) in [6, 6.07) is 7.13. The first-order valence-corrected chi connectivity index (χ1v) is 8.68. The van der Waals surface area contributed by atoms with Gasteiger partial charge < -0.3 is 4.98 Å². The molecular weight excluding hydrogens is 350 g/mol. The molecule has 2 aromatic carbocycles. The van der Waals surface area contributed by atoms with E-state index in [0.29, 0.717) is 17.2 Å². The fourth-order valence-corrected chi connectivity index (χ4v) is 3.52. The fraction of sp³-hybridized carbons (Fsp3) is 0.118. The van der Waals surface area contributed by atoms with Crippen LogP contribution in [0.2, 0.25) is 0 Å². The number of nitrogens with zero attached hydrogens (tertiary/aromatic N) is 1. The number of aromatic nitrogens is 1. The van der Waals surface area contributed by atoms with Crippen molar-refractivity contribution in [2.75, 3.05) is 14.1 Å². The van der Waals surface area contributed by atoms with Crippen LogP contribution in [0.4, 0.5) is 8.78 Å². The Morgan fingerprint density at radius 2 is 1.80 bits per heavy atom. The Morgan fingerprint density at radius 1 is 1.08 bits per heavy atom. The second-order valence-electron chi connectivity index (χ2n) is 5.65. The number of nitrogens with one attached hydrogen (secondary N) is 1. The minimum atomic E-state index is -3.69. The number of carbonyl (C=O) groups is 1. The van der Waals surface area contributed by atoms with Gasteiger partial charge in [0.15, 0.2) is 6.29 Å². The molecule has 130 valence electrons. The van der Waals surface area contributed by atoms with E-state index < -0.39 is 21.7 Å². The Morgan fingerprint density at radius 3 is 2.44 bits per heavy atom. The number of sulfonamides is 1. The predicted molar refractivity (Wildman–Crippen MR) is 89.9 cm³/mol. The minimum absolute atomic E-state index is 0.00151. The third-order valence-electron chi connectivity index (χ3n) is 3.90. The quantitative estimate of drug-likeness (QED) is 0.723. The summed E-state index contributed by atoms with van der Waals surface area (Å²) in [5, 5.41) is 0.316. The van der Waals surface area contributed by atoms with Crippen molar-refractivity contribution in [2.24, 2.45) is 0 Å². The number of aldehydes is 1. The Hall–Kier alpha value is -2.58. The van der Waals surface area contributed by atoms with Gasteiger partial charge in [-0.3, -0.25) is 4.79 Å². The molecule has 8 heteroatoms. The van der Waals surface area contributed by atoms with Crippen LogP contribution in [0.1, 0.15) is 10.4 Å². The number of aromatic amines is 1. The molecule has 1 N–H and O–H groups in total. The molecule has 0 amide bonds. The van der Waals surface area contributed by atoms with Gasteiger partial charge in [0.05, 0.1) is 10.6 Å². The number of hydrogen-bond donors (Lipinski definition) is 1. The summed E-state index contributed by atoms with van der Waals surface area (Å²) < 4.78 is 53.1. The monoisotopic (exact) mass is 364 g/mol. The Labute approximate surface area is 142 Å². The second kappa shape index (κ2) is 6.05. The van der Waals surface area contributed by atoms with Gasteiger partial charge in [-0.25, -0.2) is 21.5 Å². The highest BCUT2D eigenvalue weighted by molar-refractivity contribution is 7.89. The molecule has 0 radical (unpaired) electrons. The minimum Gasteiger partial charge on any atom is -0.354 e. The largest absolute Gasteiger partial charge is 0.354 e. The number of carbonyl (C=O) groups excluding carboxylic acids is 1. The second-order valence-corrected chi connectivity index (χ2v) is 7.80. The van der Waals surface area contributed by atoms with Gasteiger partial charge in [0, 0.05) is 36.1 Å². The van der Waals surface area contributed by atoms with Crippen molar-refractivity contribution in [3.05, 3.63) is 53.6 Å². The zero-order valence-corrected chi connectivity index (χ0v) is 14.2. The normalized spacial score (nSPS) is 12.0. The van der Waals surface area contributed by atoms with Gasteiger partial charge in [-0.2, -0.15) is 0 Å². The lowest BCUT2D eigenvalue weighted by Crippen LogP contribution is -2.22. The van der Waals surface area contributed by atoms with Crippen molar-refractivity contribution >= 4 is 27.2 Å². The molecule has 0 aliphatic heterocycles. The van der Waals surface area contributed by atoms with Crippen molar-refractivity contribution < 1.29 is 22.0 Å². The van der Waals surface area contributed by atoms with Crippen LogP contribution in [-0.4, -0.2) is 38.1 Å². The molecule has 0 saturated carbocycles. The van der Waals surface area contributed by atoms with Gasteiger partial charge in [0.25, 0.3) is 0 Å². The van der Waals surface area contributed by atoms with Gasteiger partial charge in [-0.1, -0.05) is 0 Å². The van der Waals surface area contributed by atoms with Gasteiger partial charge in [0.1, 0.15) is 11.6 Å². The molecule has 1 aromatic heterocycles. The van der Waals surface area contributed by atoms with E-state index in [2.05, 4.69) is 4.98 Å². The summed E-state index contributed by atoms with van der Waals surface area (Å²) in [5.41, 5.74) is 0.505. The van der Waals surface area contributed by atoms with Crippen LogP contribution in [0.15, 0.2) is 41.3 Å². The van der Waals surface area contributed by atoms with Gasteiger partial charge in [-0.15, -0.1) is 0 Å². The average Bonchev–Trinajstić information content (AvgIpc) is 2.94. The first-order chi connectivity index (χ1) is 11.8. The molecule has 0 unspecified atom stereocenters. The molecule has 0 saturated heterocycles. The fourth-order valence-electron chi connectivity index (χ4n) is 2.59. The summed E-state index contributed by atoms with van der Waals surface area (Å²) in [7, 11) is -0.907. The van der Waals surface area contributed by atoms with Gasteiger partial charge in [-0.05, 0) is 36.4 Å². The highest BCUT2D eigenvalue weighted by Gasteiger charge is 2.21. The smallest absolute Gasteiger partial charge is 0.242 e.